The summed E-state index contributed by atoms with van der Waals surface area (Å²) in [7, 11) is 0. The van der Waals surface area contributed by atoms with Gasteiger partial charge in [0.05, 0.1) is 0 Å². The van der Waals surface area contributed by atoms with Crippen LogP contribution >= 0.6 is 0 Å². The number of hydrogen-bond acceptors (Lipinski definition) is 2. The van der Waals surface area contributed by atoms with Crippen LogP contribution in [-0.4, -0.2) is 11.1 Å². The summed E-state index contributed by atoms with van der Waals surface area (Å²) in [6.07, 6.45) is 5.00. The molecule has 3 rings (SSSR count). The average molecular weight is 308 g/mol. The molecule has 1 fully saturated rings. The number of para-hydroxylation sites is 1. The van der Waals surface area contributed by atoms with E-state index in [1.165, 1.54) is 11.6 Å². The fraction of sp³-hybridized carbons (Fsp3) is 0.250. The number of hydrogen-bond donors (Lipinski definition) is 1. The highest BCUT2D eigenvalue weighted by Crippen LogP contribution is 2.52. The Kier molecular flexibility index (Phi) is 4.20. The summed E-state index contributed by atoms with van der Waals surface area (Å²) < 4.78 is 5.88. The highest BCUT2D eigenvalue weighted by molar-refractivity contribution is 5.79. The molecule has 0 amide bonds. The third-order valence-corrected chi connectivity index (χ3v) is 4.36. The van der Waals surface area contributed by atoms with Crippen molar-refractivity contribution in [2.45, 2.75) is 25.7 Å². The molecule has 0 spiro atoms. The molecule has 0 heterocycles. The van der Waals surface area contributed by atoms with Crippen LogP contribution in [0.1, 0.15) is 31.2 Å². The van der Waals surface area contributed by atoms with E-state index in [0.717, 1.165) is 24.3 Å². The number of carboxylic acids is 1. The second-order valence-electron chi connectivity index (χ2n) is 6.42. The molecule has 1 aliphatic rings. The highest BCUT2D eigenvalue weighted by atomic mass is 16.5. The molecule has 0 bridgehead atoms. The fourth-order valence-electron chi connectivity index (χ4n) is 3.17. The van der Waals surface area contributed by atoms with E-state index in [4.69, 9.17) is 9.84 Å². The molecule has 1 saturated carbocycles. The van der Waals surface area contributed by atoms with E-state index >= 15 is 0 Å². The Morgan fingerprint density at radius 1 is 1.13 bits per heavy atom. The van der Waals surface area contributed by atoms with Crippen molar-refractivity contribution in [1.29, 1.82) is 0 Å². The Hall–Kier alpha value is -2.55. The summed E-state index contributed by atoms with van der Waals surface area (Å²) in [6, 6.07) is 17.9. The maximum absolute atomic E-state index is 10.7. The lowest BCUT2D eigenvalue weighted by molar-refractivity contribution is -0.131. The minimum atomic E-state index is -0.882. The van der Waals surface area contributed by atoms with E-state index in [0.29, 0.717) is 5.92 Å². The van der Waals surface area contributed by atoms with Gasteiger partial charge in [-0.05, 0) is 54.0 Å². The zero-order chi connectivity index (χ0) is 16.3. The van der Waals surface area contributed by atoms with Gasteiger partial charge >= 0.3 is 5.97 Å². The monoisotopic (exact) mass is 308 g/mol. The van der Waals surface area contributed by atoms with Crippen LogP contribution in [0.5, 0.6) is 11.5 Å². The van der Waals surface area contributed by atoms with Crippen LogP contribution in [0, 0.1) is 5.41 Å². The van der Waals surface area contributed by atoms with Crippen molar-refractivity contribution in [3.05, 3.63) is 72.3 Å². The van der Waals surface area contributed by atoms with Gasteiger partial charge in [-0.2, -0.15) is 0 Å². The molecule has 0 saturated heterocycles. The molecule has 3 nitrogen and oxygen atoms in total. The second-order valence-corrected chi connectivity index (χ2v) is 6.42. The van der Waals surface area contributed by atoms with Gasteiger partial charge in [-0.1, -0.05) is 43.3 Å². The van der Waals surface area contributed by atoms with Crippen molar-refractivity contribution in [1.82, 2.24) is 0 Å². The molecule has 1 aliphatic carbocycles. The molecule has 23 heavy (non-hydrogen) atoms. The smallest absolute Gasteiger partial charge is 0.327 e. The number of aliphatic carboxylic acids is 1. The van der Waals surface area contributed by atoms with Gasteiger partial charge in [-0.3, -0.25) is 0 Å². The summed E-state index contributed by atoms with van der Waals surface area (Å²) in [4.78, 5) is 10.7. The molecule has 0 atom stereocenters. The fourth-order valence-corrected chi connectivity index (χ4v) is 3.17. The van der Waals surface area contributed by atoms with E-state index in [1.807, 2.05) is 48.5 Å². The van der Waals surface area contributed by atoms with Crippen LogP contribution in [0.25, 0.3) is 0 Å². The maximum atomic E-state index is 10.7. The molecule has 118 valence electrons. The Labute approximate surface area is 136 Å². The standard InChI is InChI=1S/C20H20O3/c1-20(11-10-19(21)22)13-16(14-20)15-6-5-9-18(12-15)23-17-7-3-2-4-8-17/h2-12,16H,13-14H2,1H3,(H,21,22)/t16-,20+. The largest absolute Gasteiger partial charge is 0.478 e. The van der Waals surface area contributed by atoms with Crippen molar-refractivity contribution in [2.24, 2.45) is 5.41 Å². The minimum Gasteiger partial charge on any atom is -0.478 e. The average Bonchev–Trinajstić information content (AvgIpc) is 2.51. The maximum Gasteiger partial charge on any atom is 0.327 e. The zero-order valence-electron chi connectivity index (χ0n) is 13.1. The first-order chi connectivity index (χ1) is 11.0. The van der Waals surface area contributed by atoms with Gasteiger partial charge in [0.15, 0.2) is 0 Å². The van der Waals surface area contributed by atoms with Crippen molar-refractivity contribution in [3.63, 3.8) is 0 Å². The Morgan fingerprint density at radius 2 is 1.83 bits per heavy atom. The summed E-state index contributed by atoms with van der Waals surface area (Å²) in [5.41, 5.74) is 1.24. The summed E-state index contributed by atoms with van der Waals surface area (Å²) in [6.45, 7) is 2.10. The van der Waals surface area contributed by atoms with Crippen molar-refractivity contribution >= 4 is 5.97 Å². The molecule has 0 radical (unpaired) electrons. The Bertz CT molecular complexity index is 713. The Morgan fingerprint density at radius 3 is 2.52 bits per heavy atom. The van der Waals surface area contributed by atoms with Gasteiger partial charge in [0.25, 0.3) is 0 Å². The van der Waals surface area contributed by atoms with Crippen LogP contribution in [0.2, 0.25) is 0 Å². The van der Waals surface area contributed by atoms with Crippen LogP contribution in [0.3, 0.4) is 0 Å². The second kappa shape index (κ2) is 6.29. The topological polar surface area (TPSA) is 46.5 Å². The number of ether oxygens (including phenoxy) is 1. The lowest BCUT2D eigenvalue weighted by atomic mass is 9.61. The van der Waals surface area contributed by atoms with E-state index < -0.39 is 5.97 Å². The van der Waals surface area contributed by atoms with E-state index in [-0.39, 0.29) is 5.41 Å². The van der Waals surface area contributed by atoms with E-state index in [2.05, 4.69) is 19.1 Å². The third kappa shape index (κ3) is 3.81. The molecule has 2 aromatic carbocycles. The van der Waals surface area contributed by atoms with Gasteiger partial charge in [0, 0.05) is 6.08 Å². The molecule has 0 unspecified atom stereocenters. The van der Waals surface area contributed by atoms with E-state index in [9.17, 15) is 4.79 Å². The first-order valence-corrected chi connectivity index (χ1v) is 7.79. The number of carbonyl (C=O) groups is 1. The van der Waals surface area contributed by atoms with Crippen molar-refractivity contribution < 1.29 is 14.6 Å². The summed E-state index contributed by atoms with van der Waals surface area (Å²) >= 11 is 0. The van der Waals surface area contributed by atoms with Crippen LogP contribution < -0.4 is 4.74 Å². The molecule has 2 aromatic rings. The number of rotatable bonds is 5. The van der Waals surface area contributed by atoms with Crippen molar-refractivity contribution in [2.75, 3.05) is 0 Å². The minimum absolute atomic E-state index is 0.0145. The molecular weight excluding hydrogens is 288 g/mol. The predicted molar refractivity (Wildman–Crippen MR) is 89.8 cm³/mol. The molecule has 3 heteroatoms. The number of benzene rings is 2. The third-order valence-electron chi connectivity index (χ3n) is 4.36. The predicted octanol–water partition coefficient (Wildman–Crippen LogP) is 5.00. The van der Waals surface area contributed by atoms with E-state index in [1.54, 1.807) is 0 Å². The first-order valence-electron chi connectivity index (χ1n) is 7.79. The lowest BCUT2D eigenvalue weighted by Gasteiger charge is -2.43. The summed E-state index contributed by atoms with van der Waals surface area (Å²) in [5, 5.41) is 8.75. The molecule has 0 aliphatic heterocycles. The number of carboxylic acid groups (broad SMARTS) is 1. The van der Waals surface area contributed by atoms with Crippen molar-refractivity contribution in [3.8, 4) is 11.5 Å². The van der Waals surface area contributed by atoms with Crippen LogP contribution in [0.15, 0.2) is 66.7 Å². The van der Waals surface area contributed by atoms with Gasteiger partial charge in [0.2, 0.25) is 0 Å². The quantitative estimate of drug-likeness (QED) is 0.790. The summed E-state index contributed by atoms with van der Waals surface area (Å²) in [5.74, 6) is 1.24. The molecule has 1 N–H and O–H groups in total. The lowest BCUT2D eigenvalue weighted by Crippen LogP contribution is -2.31. The normalized spacial score (nSPS) is 23.4. The number of allylic oxidation sites excluding steroid dienone is 1. The Balaban J connectivity index is 1.66. The molecular formula is C20H20O3. The highest BCUT2D eigenvalue weighted by Gasteiger charge is 2.39. The van der Waals surface area contributed by atoms with Crippen LogP contribution in [-0.2, 0) is 4.79 Å². The van der Waals surface area contributed by atoms with Gasteiger partial charge in [-0.15, -0.1) is 0 Å². The first kappa shape index (κ1) is 15.3. The van der Waals surface area contributed by atoms with Crippen LogP contribution in [0.4, 0.5) is 0 Å². The van der Waals surface area contributed by atoms with Gasteiger partial charge < -0.3 is 9.84 Å². The van der Waals surface area contributed by atoms with Gasteiger partial charge in [-0.25, -0.2) is 4.79 Å². The van der Waals surface area contributed by atoms with Gasteiger partial charge in [0.1, 0.15) is 11.5 Å². The SMILES string of the molecule is C[C@]1(C=CC(=O)O)C[C@@H](c2cccc(Oc3ccccc3)c2)C1. The zero-order valence-corrected chi connectivity index (χ0v) is 13.1. The molecule has 0 aromatic heterocycles.